The van der Waals surface area contributed by atoms with Crippen molar-refractivity contribution in [2.45, 2.75) is 81.8 Å². The number of carbonyl (C=O) groups is 3. The molecule has 1 atom stereocenters. The maximum atomic E-state index is 12.2. The first-order chi connectivity index (χ1) is 20.0. The lowest BCUT2D eigenvalue weighted by Gasteiger charge is -2.34. The third-order valence-corrected chi connectivity index (χ3v) is 7.99. The van der Waals surface area contributed by atoms with Crippen molar-refractivity contribution in [3.05, 3.63) is 130 Å². The second-order valence-electron chi connectivity index (χ2n) is 12.7. The van der Waals surface area contributed by atoms with E-state index in [0.29, 0.717) is 17.6 Å². The Morgan fingerprint density at radius 3 is 1.51 bits per heavy atom. The van der Waals surface area contributed by atoms with E-state index in [4.69, 9.17) is 0 Å². The maximum Gasteiger partial charge on any atom is 0.225 e. The number of rotatable bonds is 10. The summed E-state index contributed by atoms with van der Waals surface area (Å²) >= 11 is 0. The molecule has 1 unspecified atom stereocenters. The highest BCUT2D eigenvalue weighted by Crippen LogP contribution is 2.40. The van der Waals surface area contributed by atoms with E-state index in [0.717, 1.165) is 33.4 Å². The third-order valence-electron chi connectivity index (χ3n) is 7.99. The predicted octanol–water partition coefficient (Wildman–Crippen LogP) is 8.72. The summed E-state index contributed by atoms with van der Waals surface area (Å²) in [4.78, 5) is 36.4. The van der Waals surface area contributed by atoms with Crippen molar-refractivity contribution in [1.82, 2.24) is 0 Å². The zero-order valence-electron chi connectivity index (χ0n) is 27.5. The number of aliphatic hydroxyl groups is 1. The van der Waals surface area contributed by atoms with Crippen LogP contribution in [0, 0.1) is 10.8 Å². The maximum absolute atomic E-state index is 12.2. The van der Waals surface area contributed by atoms with Gasteiger partial charge >= 0.3 is 0 Å². The van der Waals surface area contributed by atoms with Crippen LogP contribution < -0.4 is 0 Å². The minimum absolute atomic E-state index is 0.178. The molecule has 0 saturated carbocycles. The highest BCUT2D eigenvalue weighted by Gasteiger charge is 2.43. The van der Waals surface area contributed by atoms with Gasteiger partial charge in [0.25, 0.3) is 0 Å². The van der Waals surface area contributed by atoms with Crippen LogP contribution in [-0.4, -0.2) is 28.6 Å². The Kier molecular flexibility index (Phi) is 12.3. The van der Waals surface area contributed by atoms with Crippen LogP contribution in [0.4, 0.5) is 0 Å². The fourth-order valence-corrected chi connectivity index (χ4v) is 5.20. The molecule has 0 aromatic heterocycles. The largest absolute Gasteiger partial charge is 0.385 e. The van der Waals surface area contributed by atoms with Crippen molar-refractivity contribution in [2.75, 3.05) is 0 Å². The van der Waals surface area contributed by atoms with E-state index in [-0.39, 0.29) is 22.8 Å². The summed E-state index contributed by atoms with van der Waals surface area (Å²) in [6, 6.07) is 0. The van der Waals surface area contributed by atoms with E-state index < -0.39 is 11.5 Å². The molecule has 4 nitrogen and oxygen atoms in total. The first-order valence-corrected chi connectivity index (χ1v) is 14.8. The lowest BCUT2D eigenvalue weighted by molar-refractivity contribution is -0.137. The first-order valence-electron chi connectivity index (χ1n) is 14.8. The average Bonchev–Trinajstić information content (AvgIpc) is 3.06. The van der Waals surface area contributed by atoms with Crippen molar-refractivity contribution in [3.63, 3.8) is 0 Å². The topological polar surface area (TPSA) is 71.4 Å². The molecule has 228 valence electrons. The minimum Gasteiger partial charge on any atom is -0.385 e. The summed E-state index contributed by atoms with van der Waals surface area (Å²) in [6.45, 7) is 19.3. The van der Waals surface area contributed by atoms with E-state index >= 15 is 0 Å². The molecule has 2 rings (SSSR count). The van der Waals surface area contributed by atoms with Crippen LogP contribution >= 0.6 is 0 Å². The molecule has 1 N–H and O–H groups in total. The SMILES string of the molecule is CC1=C(/C=C/C(C)=C/C=C/C(C)=C/C=C/C=C(C)/C=C/C=C(C)/C=C/C2=C(C)C(=O)C(=O)C2(C)C)C(C)(C)CC(O)C1=O. The van der Waals surface area contributed by atoms with Crippen LogP contribution in [0.3, 0.4) is 0 Å². The number of carbonyl (C=O) groups excluding carboxylic acids is 3. The summed E-state index contributed by atoms with van der Waals surface area (Å²) in [5.74, 6) is -0.901. The fraction of sp³-hybridized carbons (Fsp3) is 0.359. The number of allylic oxidation sites excluding steroid dienone is 21. The van der Waals surface area contributed by atoms with Gasteiger partial charge in [-0.15, -0.1) is 0 Å². The van der Waals surface area contributed by atoms with Crippen molar-refractivity contribution in [1.29, 1.82) is 0 Å². The third kappa shape index (κ3) is 9.56. The van der Waals surface area contributed by atoms with Crippen LogP contribution in [0.25, 0.3) is 0 Å². The molecule has 2 aliphatic carbocycles. The number of Topliss-reactive ketones (excluding diaryl/α,β-unsaturated/α-hetero) is 3. The standard InChI is InChI=1S/C39H48O4/c1-26(17-13-19-28(3)21-23-32-30(5)35(41)34(40)25-38(32,7)8)15-11-12-16-27(2)18-14-20-29(4)22-24-33-31(6)36(42)37(43)39(33,9)10/h11-24,34,40H,25H2,1-10H3/b12-11+,17-13+,18-14+,23-21+,24-22+,26-15+,27-16+,28-19+,29-20+. The van der Waals surface area contributed by atoms with E-state index in [1.54, 1.807) is 27.7 Å². The fourth-order valence-electron chi connectivity index (χ4n) is 5.20. The molecule has 0 fully saturated rings. The summed E-state index contributed by atoms with van der Waals surface area (Å²) in [6.07, 6.45) is 27.6. The average molecular weight is 581 g/mol. The number of ketones is 3. The van der Waals surface area contributed by atoms with Crippen LogP contribution in [-0.2, 0) is 14.4 Å². The molecule has 43 heavy (non-hydrogen) atoms. The second-order valence-corrected chi connectivity index (χ2v) is 12.7. The van der Waals surface area contributed by atoms with Gasteiger partial charge in [0.05, 0.1) is 5.41 Å². The molecule has 2 aliphatic rings. The summed E-state index contributed by atoms with van der Waals surface area (Å²) in [7, 11) is 0. The van der Waals surface area contributed by atoms with E-state index in [9.17, 15) is 19.5 Å². The molecule has 0 aromatic carbocycles. The summed E-state index contributed by atoms with van der Waals surface area (Å²) < 4.78 is 0. The van der Waals surface area contributed by atoms with Gasteiger partial charge < -0.3 is 5.11 Å². The Bertz CT molecular complexity index is 1480. The second kappa shape index (κ2) is 15.0. The Morgan fingerprint density at radius 1 is 0.651 bits per heavy atom. The van der Waals surface area contributed by atoms with Crippen LogP contribution in [0.5, 0.6) is 0 Å². The van der Waals surface area contributed by atoms with Crippen LogP contribution in [0.15, 0.2) is 130 Å². The molecule has 0 aliphatic heterocycles. The van der Waals surface area contributed by atoms with Crippen LogP contribution in [0.1, 0.15) is 75.7 Å². The zero-order valence-corrected chi connectivity index (χ0v) is 27.5. The highest BCUT2D eigenvalue weighted by molar-refractivity contribution is 6.48. The van der Waals surface area contributed by atoms with E-state index in [2.05, 4.69) is 13.8 Å². The van der Waals surface area contributed by atoms with Crippen molar-refractivity contribution >= 4 is 17.3 Å². The van der Waals surface area contributed by atoms with Crippen molar-refractivity contribution in [3.8, 4) is 0 Å². The molecule has 4 heteroatoms. The van der Waals surface area contributed by atoms with Gasteiger partial charge in [0.2, 0.25) is 11.6 Å². The first kappa shape index (κ1) is 35.3. The molecule has 0 spiro atoms. The molecule has 0 heterocycles. The van der Waals surface area contributed by atoms with Crippen LogP contribution in [0.2, 0.25) is 0 Å². The van der Waals surface area contributed by atoms with Gasteiger partial charge in [-0.3, -0.25) is 14.4 Å². The van der Waals surface area contributed by atoms with Gasteiger partial charge in [0, 0.05) is 5.57 Å². The molecular formula is C39H48O4. The van der Waals surface area contributed by atoms with Gasteiger partial charge in [0.1, 0.15) is 6.10 Å². The summed E-state index contributed by atoms with van der Waals surface area (Å²) in [5, 5.41) is 10.0. The molecule has 0 amide bonds. The van der Waals surface area contributed by atoms with Gasteiger partial charge in [0.15, 0.2) is 5.78 Å². The zero-order chi connectivity index (χ0) is 32.5. The quantitative estimate of drug-likeness (QED) is 0.207. The molecule has 0 saturated heterocycles. The van der Waals surface area contributed by atoms with E-state index in [1.165, 1.54) is 0 Å². The lowest BCUT2D eigenvalue weighted by atomic mass is 9.71. The molecule has 0 bridgehead atoms. The Hall–Kier alpha value is -3.89. The van der Waals surface area contributed by atoms with Gasteiger partial charge in [-0.25, -0.2) is 0 Å². The number of aliphatic hydroxyl groups excluding tert-OH is 1. The van der Waals surface area contributed by atoms with E-state index in [1.807, 2.05) is 113 Å². The Morgan fingerprint density at radius 2 is 1.07 bits per heavy atom. The molecule has 0 aromatic rings. The monoisotopic (exact) mass is 580 g/mol. The summed E-state index contributed by atoms with van der Waals surface area (Å²) in [5.41, 5.74) is 6.23. The molecular weight excluding hydrogens is 532 g/mol. The highest BCUT2D eigenvalue weighted by atomic mass is 16.3. The van der Waals surface area contributed by atoms with Crippen molar-refractivity contribution in [2.24, 2.45) is 10.8 Å². The van der Waals surface area contributed by atoms with Gasteiger partial charge in [-0.1, -0.05) is 121 Å². The normalized spacial score (nSPS) is 22.9. The van der Waals surface area contributed by atoms with Gasteiger partial charge in [-0.05, 0) is 83.9 Å². The van der Waals surface area contributed by atoms with Crippen molar-refractivity contribution < 1.29 is 19.5 Å². The lowest BCUT2D eigenvalue weighted by Crippen LogP contribution is -2.35. The Labute approximate surface area is 258 Å². The molecule has 0 radical (unpaired) electrons. The predicted molar refractivity (Wildman–Crippen MR) is 179 cm³/mol. The number of hydrogen-bond acceptors (Lipinski definition) is 4. The minimum atomic E-state index is -0.909. The smallest absolute Gasteiger partial charge is 0.225 e. The Balaban J connectivity index is 1.94. The number of hydrogen-bond donors (Lipinski definition) is 1. The van der Waals surface area contributed by atoms with Gasteiger partial charge in [-0.2, -0.15) is 0 Å².